The van der Waals surface area contributed by atoms with Gasteiger partial charge in [-0.2, -0.15) is 10.1 Å². The molecule has 2 rings (SSSR count). The molecule has 0 saturated heterocycles. The van der Waals surface area contributed by atoms with Crippen molar-refractivity contribution in [2.45, 2.75) is 25.9 Å². The lowest BCUT2D eigenvalue weighted by molar-refractivity contribution is -0.158. The third-order valence-electron chi connectivity index (χ3n) is 3.04. The maximum absolute atomic E-state index is 6.05. The second-order valence-electron chi connectivity index (χ2n) is 5.46. The average Bonchev–Trinajstić information content (AvgIpc) is 2.42. The van der Waals surface area contributed by atoms with E-state index in [1.807, 2.05) is 13.8 Å². The Hall–Kier alpha value is -0.930. The van der Waals surface area contributed by atoms with Gasteiger partial charge in [-0.25, -0.2) is 4.99 Å². The number of hydrogen-bond donors (Lipinski definition) is 2. The van der Waals surface area contributed by atoms with Crippen LogP contribution >= 0.6 is 51.8 Å². The summed E-state index contributed by atoms with van der Waals surface area (Å²) in [5.41, 5.74) is 10.7. The minimum absolute atomic E-state index is 0. The molecule has 0 saturated carbocycles. The molecular formula is C14H19BrCl3N5O2. The van der Waals surface area contributed by atoms with Crippen LogP contribution in [0, 0.1) is 0 Å². The molecule has 140 valence electrons. The summed E-state index contributed by atoms with van der Waals surface area (Å²) < 4.78 is 5.58. The van der Waals surface area contributed by atoms with E-state index in [2.05, 4.69) is 9.98 Å². The Labute approximate surface area is 171 Å². The number of nitrogens with two attached hydrogens (primary N) is 2. The minimum atomic E-state index is -0.737. The average molecular weight is 476 g/mol. The fourth-order valence-electron chi connectivity index (χ4n) is 2.07. The zero-order valence-electron chi connectivity index (χ0n) is 13.6. The van der Waals surface area contributed by atoms with Gasteiger partial charge in [-0.1, -0.05) is 34.8 Å². The van der Waals surface area contributed by atoms with Crippen LogP contribution in [-0.4, -0.2) is 35.9 Å². The van der Waals surface area contributed by atoms with Crippen LogP contribution in [0.2, 0.25) is 15.1 Å². The molecule has 0 radical (unpaired) electrons. The summed E-state index contributed by atoms with van der Waals surface area (Å²) in [6.45, 7) is 4.30. The van der Waals surface area contributed by atoms with Crippen LogP contribution in [0.4, 0.5) is 0 Å². The molecule has 1 aliphatic heterocycles. The maximum Gasteiger partial charge on any atom is 0.226 e. The fraction of sp³-hybridized carbons (Fsp3) is 0.429. The molecular weight excluding hydrogens is 456 g/mol. The summed E-state index contributed by atoms with van der Waals surface area (Å²) in [4.78, 5) is 13.7. The Kier molecular flexibility index (Phi) is 8.08. The van der Waals surface area contributed by atoms with Crippen molar-refractivity contribution >= 4 is 63.7 Å². The summed E-state index contributed by atoms with van der Waals surface area (Å²) in [6, 6.07) is 3.13. The highest BCUT2D eigenvalue weighted by molar-refractivity contribution is 8.93. The Bertz CT molecular complexity index is 661. The van der Waals surface area contributed by atoms with Gasteiger partial charge >= 0.3 is 0 Å². The Morgan fingerprint density at radius 2 is 1.72 bits per heavy atom. The number of hydroxylamine groups is 2. The zero-order valence-corrected chi connectivity index (χ0v) is 17.6. The van der Waals surface area contributed by atoms with E-state index in [0.717, 1.165) is 0 Å². The van der Waals surface area contributed by atoms with Gasteiger partial charge in [-0.3, -0.25) is 4.84 Å². The molecule has 0 aromatic heterocycles. The normalized spacial score (nSPS) is 16.0. The SMILES string of the molecule is Br.CC1(C)N=C(N)N=C(N)N1OCCCOc1c(Cl)cc(Cl)cc1Cl. The summed E-state index contributed by atoms with van der Waals surface area (Å²) in [5.74, 6) is 0.657. The summed E-state index contributed by atoms with van der Waals surface area (Å²) in [7, 11) is 0. The number of benzene rings is 1. The molecule has 0 unspecified atom stereocenters. The van der Waals surface area contributed by atoms with Crippen molar-refractivity contribution in [1.29, 1.82) is 0 Å². The maximum atomic E-state index is 6.05. The molecule has 11 heteroatoms. The van der Waals surface area contributed by atoms with Gasteiger partial charge < -0.3 is 16.2 Å². The fourth-order valence-corrected chi connectivity index (χ4v) is 3.00. The van der Waals surface area contributed by atoms with E-state index >= 15 is 0 Å². The lowest BCUT2D eigenvalue weighted by Gasteiger charge is -2.36. The zero-order chi connectivity index (χ0) is 17.9. The highest BCUT2D eigenvalue weighted by Gasteiger charge is 2.32. The quantitative estimate of drug-likeness (QED) is 0.613. The number of hydrogen-bond acceptors (Lipinski definition) is 7. The van der Waals surface area contributed by atoms with E-state index in [1.165, 1.54) is 5.06 Å². The van der Waals surface area contributed by atoms with Crippen LogP contribution in [0.25, 0.3) is 0 Å². The number of ether oxygens (including phenoxy) is 1. The number of aliphatic imine (C=N–C) groups is 2. The highest BCUT2D eigenvalue weighted by Crippen LogP contribution is 2.35. The molecule has 0 bridgehead atoms. The van der Waals surface area contributed by atoms with Gasteiger partial charge in [0.1, 0.15) is 0 Å². The van der Waals surface area contributed by atoms with Gasteiger partial charge in [0.15, 0.2) is 11.4 Å². The summed E-state index contributed by atoms with van der Waals surface area (Å²) in [6.07, 6.45) is 0.564. The van der Waals surface area contributed by atoms with E-state index in [1.54, 1.807) is 12.1 Å². The molecule has 7 nitrogen and oxygen atoms in total. The minimum Gasteiger partial charge on any atom is -0.490 e. The molecule has 0 fully saturated rings. The largest absolute Gasteiger partial charge is 0.490 e. The molecule has 0 spiro atoms. The molecule has 25 heavy (non-hydrogen) atoms. The third-order valence-corrected chi connectivity index (χ3v) is 3.82. The van der Waals surface area contributed by atoms with Crippen molar-refractivity contribution in [2.75, 3.05) is 13.2 Å². The van der Waals surface area contributed by atoms with Crippen LogP contribution in [0.5, 0.6) is 5.75 Å². The van der Waals surface area contributed by atoms with E-state index in [9.17, 15) is 0 Å². The second kappa shape index (κ2) is 9.14. The molecule has 1 aromatic rings. The van der Waals surface area contributed by atoms with Gasteiger partial charge in [-0.05, 0) is 26.0 Å². The first-order valence-electron chi connectivity index (χ1n) is 7.10. The Balaban J connectivity index is 0.00000312. The molecule has 4 N–H and O–H groups in total. The van der Waals surface area contributed by atoms with Gasteiger partial charge in [0.2, 0.25) is 11.9 Å². The van der Waals surface area contributed by atoms with Gasteiger partial charge in [-0.15, -0.1) is 17.0 Å². The van der Waals surface area contributed by atoms with Crippen molar-refractivity contribution in [1.82, 2.24) is 5.06 Å². The van der Waals surface area contributed by atoms with Crippen LogP contribution in [0.15, 0.2) is 22.1 Å². The number of rotatable bonds is 6. The topological polar surface area (TPSA) is 98.5 Å². The van der Waals surface area contributed by atoms with Crippen molar-refractivity contribution in [3.8, 4) is 5.75 Å². The highest BCUT2D eigenvalue weighted by atomic mass is 79.9. The second-order valence-corrected chi connectivity index (χ2v) is 6.71. The molecule has 1 aliphatic rings. The van der Waals surface area contributed by atoms with Gasteiger partial charge in [0, 0.05) is 11.4 Å². The van der Waals surface area contributed by atoms with E-state index in [-0.39, 0.29) is 28.9 Å². The van der Waals surface area contributed by atoms with Crippen LogP contribution in [0.3, 0.4) is 0 Å². The molecule has 0 atom stereocenters. The van der Waals surface area contributed by atoms with E-state index in [4.69, 9.17) is 55.8 Å². The predicted octanol–water partition coefficient (Wildman–Crippen LogP) is 3.61. The standard InChI is InChI=1S/C14H18Cl3N5O2.BrH/c1-14(2)21-12(18)20-13(19)22(14)24-5-3-4-23-11-9(16)6-8(15)7-10(11)17;/h6-7H,3-5H2,1-2H3,(H4,18,19,20,21);1H. The van der Waals surface area contributed by atoms with Crippen molar-refractivity contribution in [3.63, 3.8) is 0 Å². The van der Waals surface area contributed by atoms with E-state index in [0.29, 0.717) is 40.5 Å². The van der Waals surface area contributed by atoms with Crippen molar-refractivity contribution < 1.29 is 9.57 Å². The summed E-state index contributed by atoms with van der Waals surface area (Å²) >= 11 is 17.9. The van der Waals surface area contributed by atoms with Crippen LogP contribution in [-0.2, 0) is 4.84 Å². The molecule has 0 aliphatic carbocycles. The first kappa shape index (κ1) is 22.1. The monoisotopic (exact) mass is 473 g/mol. The van der Waals surface area contributed by atoms with E-state index < -0.39 is 5.66 Å². The Morgan fingerprint density at radius 1 is 1.12 bits per heavy atom. The van der Waals surface area contributed by atoms with Gasteiger partial charge in [0.25, 0.3) is 0 Å². The predicted molar refractivity (Wildman–Crippen MR) is 107 cm³/mol. The van der Waals surface area contributed by atoms with Crippen LogP contribution < -0.4 is 16.2 Å². The smallest absolute Gasteiger partial charge is 0.226 e. The van der Waals surface area contributed by atoms with Crippen molar-refractivity contribution in [2.24, 2.45) is 21.5 Å². The number of guanidine groups is 2. The molecule has 1 heterocycles. The lowest BCUT2D eigenvalue weighted by atomic mass is 10.2. The first-order chi connectivity index (χ1) is 11.2. The van der Waals surface area contributed by atoms with Crippen molar-refractivity contribution in [3.05, 3.63) is 27.2 Å². The number of nitrogens with zero attached hydrogens (tertiary/aromatic N) is 3. The number of halogens is 4. The summed E-state index contributed by atoms with van der Waals surface area (Å²) in [5, 5.41) is 2.56. The third kappa shape index (κ3) is 5.79. The molecule has 1 aromatic carbocycles. The Morgan fingerprint density at radius 3 is 2.28 bits per heavy atom. The molecule has 0 amide bonds. The first-order valence-corrected chi connectivity index (χ1v) is 8.24. The van der Waals surface area contributed by atoms with Crippen LogP contribution in [0.1, 0.15) is 20.3 Å². The lowest BCUT2D eigenvalue weighted by Crippen LogP contribution is -2.53. The van der Waals surface area contributed by atoms with Gasteiger partial charge in [0.05, 0.1) is 23.3 Å².